The summed E-state index contributed by atoms with van der Waals surface area (Å²) in [6, 6.07) is 14.0. The SMILES string of the molecule is CCC(Oc1cccc(C)c1)C(=O)Nc1cccc(C(N)=O)c1. The topological polar surface area (TPSA) is 81.4 Å². The maximum absolute atomic E-state index is 12.4. The van der Waals surface area contributed by atoms with Gasteiger partial charge in [-0.3, -0.25) is 9.59 Å². The molecule has 0 radical (unpaired) electrons. The molecule has 2 amide bonds. The Bertz CT molecular complexity index is 713. The average molecular weight is 312 g/mol. The van der Waals surface area contributed by atoms with Crippen LogP contribution in [0.25, 0.3) is 0 Å². The number of anilines is 1. The predicted molar refractivity (Wildman–Crippen MR) is 89.5 cm³/mol. The van der Waals surface area contributed by atoms with Gasteiger partial charge in [0.1, 0.15) is 5.75 Å². The van der Waals surface area contributed by atoms with E-state index in [2.05, 4.69) is 5.32 Å². The monoisotopic (exact) mass is 312 g/mol. The minimum atomic E-state index is -0.617. The number of hydrogen-bond donors (Lipinski definition) is 2. The summed E-state index contributed by atoms with van der Waals surface area (Å²) in [6.45, 7) is 3.84. The maximum Gasteiger partial charge on any atom is 0.265 e. The number of ether oxygens (including phenoxy) is 1. The lowest BCUT2D eigenvalue weighted by Gasteiger charge is -2.17. The summed E-state index contributed by atoms with van der Waals surface area (Å²) in [4.78, 5) is 23.5. The van der Waals surface area contributed by atoms with Gasteiger partial charge in [-0.2, -0.15) is 0 Å². The van der Waals surface area contributed by atoms with Crippen LogP contribution in [0.4, 0.5) is 5.69 Å². The van der Waals surface area contributed by atoms with Crippen LogP contribution in [-0.2, 0) is 4.79 Å². The summed E-state index contributed by atoms with van der Waals surface area (Å²) in [6.07, 6.45) is -0.0935. The highest BCUT2D eigenvalue weighted by Crippen LogP contribution is 2.17. The highest BCUT2D eigenvalue weighted by molar-refractivity contribution is 5.97. The lowest BCUT2D eigenvalue weighted by molar-refractivity contribution is -0.122. The first-order chi connectivity index (χ1) is 11.0. The smallest absolute Gasteiger partial charge is 0.265 e. The van der Waals surface area contributed by atoms with E-state index in [1.807, 2.05) is 38.1 Å². The van der Waals surface area contributed by atoms with Crippen LogP contribution in [0.5, 0.6) is 5.75 Å². The standard InChI is InChI=1S/C18H20N2O3/c1-3-16(23-15-9-4-6-12(2)10-15)18(22)20-14-8-5-7-13(11-14)17(19)21/h4-11,16H,3H2,1-2H3,(H2,19,21)(H,20,22). The van der Waals surface area contributed by atoms with E-state index >= 15 is 0 Å². The zero-order valence-corrected chi connectivity index (χ0v) is 13.2. The molecule has 0 bridgehead atoms. The van der Waals surface area contributed by atoms with Gasteiger partial charge >= 0.3 is 0 Å². The fraction of sp³-hybridized carbons (Fsp3) is 0.222. The largest absolute Gasteiger partial charge is 0.481 e. The zero-order valence-electron chi connectivity index (χ0n) is 13.2. The van der Waals surface area contributed by atoms with Crippen LogP contribution >= 0.6 is 0 Å². The first-order valence-corrected chi connectivity index (χ1v) is 7.43. The zero-order chi connectivity index (χ0) is 16.8. The van der Waals surface area contributed by atoms with Gasteiger partial charge in [-0.05, 0) is 49.2 Å². The second-order valence-electron chi connectivity index (χ2n) is 5.27. The van der Waals surface area contributed by atoms with Gasteiger partial charge < -0.3 is 15.8 Å². The third-order valence-corrected chi connectivity index (χ3v) is 3.35. The molecule has 1 atom stereocenters. The second-order valence-corrected chi connectivity index (χ2v) is 5.27. The normalized spacial score (nSPS) is 11.6. The lowest BCUT2D eigenvalue weighted by atomic mass is 10.2. The van der Waals surface area contributed by atoms with E-state index in [1.54, 1.807) is 24.3 Å². The molecule has 2 rings (SSSR count). The molecule has 0 aliphatic carbocycles. The van der Waals surface area contributed by atoms with Crippen LogP contribution in [0, 0.1) is 6.92 Å². The van der Waals surface area contributed by atoms with Crippen molar-refractivity contribution in [2.75, 3.05) is 5.32 Å². The molecule has 3 N–H and O–H groups in total. The number of amides is 2. The van der Waals surface area contributed by atoms with Gasteiger partial charge in [-0.25, -0.2) is 0 Å². The van der Waals surface area contributed by atoms with Crippen molar-refractivity contribution in [2.45, 2.75) is 26.4 Å². The fourth-order valence-electron chi connectivity index (χ4n) is 2.15. The van der Waals surface area contributed by atoms with Gasteiger partial charge in [0, 0.05) is 11.3 Å². The highest BCUT2D eigenvalue weighted by atomic mass is 16.5. The molecule has 23 heavy (non-hydrogen) atoms. The Morgan fingerprint density at radius 2 is 1.91 bits per heavy atom. The van der Waals surface area contributed by atoms with Crippen molar-refractivity contribution >= 4 is 17.5 Å². The van der Waals surface area contributed by atoms with Crippen molar-refractivity contribution in [3.8, 4) is 5.75 Å². The summed E-state index contributed by atoms with van der Waals surface area (Å²) in [5, 5.41) is 2.75. The Morgan fingerprint density at radius 3 is 2.57 bits per heavy atom. The molecule has 0 heterocycles. The average Bonchev–Trinajstić information content (AvgIpc) is 2.52. The van der Waals surface area contributed by atoms with Gasteiger partial charge in [0.05, 0.1) is 0 Å². The molecule has 0 aliphatic rings. The van der Waals surface area contributed by atoms with Crippen LogP contribution < -0.4 is 15.8 Å². The first-order valence-electron chi connectivity index (χ1n) is 7.43. The summed E-state index contributed by atoms with van der Waals surface area (Å²) in [5.41, 5.74) is 7.16. The number of primary amides is 1. The lowest BCUT2D eigenvalue weighted by Crippen LogP contribution is -2.32. The molecular weight excluding hydrogens is 292 g/mol. The van der Waals surface area contributed by atoms with Crippen LogP contribution in [0.1, 0.15) is 29.3 Å². The fourth-order valence-corrected chi connectivity index (χ4v) is 2.15. The predicted octanol–water partition coefficient (Wildman–Crippen LogP) is 2.89. The molecule has 0 spiro atoms. The molecular formula is C18H20N2O3. The molecule has 120 valence electrons. The van der Waals surface area contributed by atoms with E-state index in [4.69, 9.17) is 10.5 Å². The van der Waals surface area contributed by atoms with E-state index in [9.17, 15) is 9.59 Å². The number of carbonyl (C=O) groups excluding carboxylic acids is 2. The van der Waals surface area contributed by atoms with Crippen molar-refractivity contribution in [1.82, 2.24) is 0 Å². The maximum atomic E-state index is 12.4. The molecule has 1 unspecified atom stereocenters. The van der Waals surface area contributed by atoms with Gasteiger partial charge in [0.15, 0.2) is 6.10 Å². The molecule has 2 aromatic rings. The number of nitrogens with two attached hydrogens (primary N) is 1. The third-order valence-electron chi connectivity index (χ3n) is 3.35. The number of hydrogen-bond acceptors (Lipinski definition) is 3. The van der Waals surface area contributed by atoms with Gasteiger partial charge in [0.25, 0.3) is 5.91 Å². The molecule has 0 saturated carbocycles. The van der Waals surface area contributed by atoms with Crippen molar-refractivity contribution in [3.05, 3.63) is 59.7 Å². The summed E-state index contributed by atoms with van der Waals surface area (Å²) in [7, 11) is 0. The molecule has 5 heteroatoms. The van der Waals surface area contributed by atoms with E-state index in [0.717, 1.165) is 5.56 Å². The van der Waals surface area contributed by atoms with Crippen molar-refractivity contribution in [3.63, 3.8) is 0 Å². The van der Waals surface area contributed by atoms with Gasteiger partial charge in [0.2, 0.25) is 5.91 Å². The molecule has 0 aromatic heterocycles. The van der Waals surface area contributed by atoms with Crippen LogP contribution in [0.2, 0.25) is 0 Å². The van der Waals surface area contributed by atoms with E-state index < -0.39 is 12.0 Å². The number of nitrogens with one attached hydrogen (secondary N) is 1. The minimum absolute atomic E-state index is 0.268. The van der Waals surface area contributed by atoms with Crippen LogP contribution in [0.15, 0.2) is 48.5 Å². The Balaban J connectivity index is 2.08. The Labute approximate surface area is 135 Å². The highest BCUT2D eigenvalue weighted by Gasteiger charge is 2.19. The summed E-state index contributed by atoms with van der Waals surface area (Å²) >= 11 is 0. The molecule has 0 fully saturated rings. The summed E-state index contributed by atoms with van der Waals surface area (Å²) < 4.78 is 5.75. The molecule has 0 aliphatic heterocycles. The number of benzene rings is 2. The van der Waals surface area contributed by atoms with Crippen molar-refractivity contribution in [1.29, 1.82) is 0 Å². The number of carbonyl (C=O) groups is 2. The van der Waals surface area contributed by atoms with Gasteiger partial charge in [-0.15, -0.1) is 0 Å². The number of aryl methyl sites for hydroxylation is 1. The summed E-state index contributed by atoms with van der Waals surface area (Å²) in [5.74, 6) is -0.155. The van der Waals surface area contributed by atoms with E-state index in [1.165, 1.54) is 0 Å². The first kappa shape index (κ1) is 16.5. The molecule has 2 aromatic carbocycles. The van der Waals surface area contributed by atoms with Gasteiger partial charge in [-0.1, -0.05) is 25.1 Å². The van der Waals surface area contributed by atoms with E-state index in [0.29, 0.717) is 23.4 Å². The minimum Gasteiger partial charge on any atom is -0.481 e. The van der Waals surface area contributed by atoms with Crippen LogP contribution in [-0.4, -0.2) is 17.9 Å². The van der Waals surface area contributed by atoms with Crippen molar-refractivity contribution in [2.24, 2.45) is 5.73 Å². The van der Waals surface area contributed by atoms with E-state index in [-0.39, 0.29) is 5.91 Å². The molecule has 0 saturated heterocycles. The molecule has 5 nitrogen and oxygen atoms in total. The van der Waals surface area contributed by atoms with Crippen LogP contribution in [0.3, 0.4) is 0 Å². The Morgan fingerprint density at radius 1 is 1.17 bits per heavy atom. The number of rotatable bonds is 6. The Hall–Kier alpha value is -2.82. The second kappa shape index (κ2) is 7.45. The quantitative estimate of drug-likeness (QED) is 0.860. The Kier molecular flexibility index (Phi) is 5.36. The third kappa shape index (κ3) is 4.57. The van der Waals surface area contributed by atoms with Crippen molar-refractivity contribution < 1.29 is 14.3 Å².